The minimum Gasteiger partial charge on any atom is -0.340 e. The zero-order chi connectivity index (χ0) is 14.1. The lowest BCUT2D eigenvalue weighted by molar-refractivity contribution is 0.0977. The quantitative estimate of drug-likeness (QED) is 0.656. The smallest absolute Gasteiger partial charge is 0.192 e. The van der Waals surface area contributed by atoms with E-state index in [9.17, 15) is 9.18 Å². The van der Waals surface area contributed by atoms with Crippen molar-refractivity contribution in [1.82, 2.24) is 4.57 Å². The number of aryl methyl sites for hydroxylation is 1. The molecule has 1 aromatic carbocycles. The SMILES string of the molecule is CCc1ccc(C(=O)Cn2ccc3c(F)cccc32)s1. The number of hydrogen-bond acceptors (Lipinski definition) is 2. The number of nitrogens with zero attached hydrogens (tertiary/aromatic N) is 1. The van der Waals surface area contributed by atoms with Gasteiger partial charge < -0.3 is 4.57 Å². The van der Waals surface area contributed by atoms with Gasteiger partial charge in [0.05, 0.1) is 16.9 Å². The standard InChI is InChI=1S/C16H14FNOS/c1-2-11-6-7-16(20-11)15(19)10-18-9-8-12-13(17)4-3-5-14(12)18/h3-9H,2,10H2,1H3. The first-order valence-electron chi connectivity index (χ1n) is 6.54. The fourth-order valence-corrected chi connectivity index (χ4v) is 3.15. The summed E-state index contributed by atoms with van der Waals surface area (Å²) in [5, 5.41) is 0.556. The van der Waals surface area contributed by atoms with Crippen molar-refractivity contribution in [3.63, 3.8) is 0 Å². The average molecular weight is 287 g/mol. The summed E-state index contributed by atoms with van der Waals surface area (Å²) in [6, 6.07) is 10.5. The van der Waals surface area contributed by atoms with Crippen LogP contribution >= 0.6 is 11.3 Å². The molecule has 20 heavy (non-hydrogen) atoms. The maximum absolute atomic E-state index is 13.6. The molecule has 0 N–H and O–H groups in total. The second-order valence-corrected chi connectivity index (χ2v) is 5.83. The fraction of sp³-hybridized carbons (Fsp3) is 0.188. The lowest BCUT2D eigenvalue weighted by Crippen LogP contribution is -2.07. The van der Waals surface area contributed by atoms with E-state index >= 15 is 0 Å². The van der Waals surface area contributed by atoms with Gasteiger partial charge in [-0.1, -0.05) is 13.0 Å². The van der Waals surface area contributed by atoms with Gasteiger partial charge in [-0.15, -0.1) is 11.3 Å². The summed E-state index contributed by atoms with van der Waals surface area (Å²) < 4.78 is 15.4. The number of thiophene rings is 1. The Morgan fingerprint density at radius 3 is 2.85 bits per heavy atom. The monoisotopic (exact) mass is 287 g/mol. The molecule has 2 aromatic heterocycles. The minimum atomic E-state index is -0.252. The first kappa shape index (κ1) is 13.1. The highest BCUT2D eigenvalue weighted by Gasteiger charge is 2.12. The number of halogens is 1. The Bertz CT molecular complexity index is 772. The van der Waals surface area contributed by atoms with Gasteiger partial charge in [0.2, 0.25) is 0 Å². The van der Waals surface area contributed by atoms with E-state index in [0.717, 1.165) is 16.8 Å². The summed E-state index contributed by atoms with van der Waals surface area (Å²) in [7, 11) is 0. The van der Waals surface area contributed by atoms with Gasteiger partial charge in [0.25, 0.3) is 0 Å². The van der Waals surface area contributed by atoms with Gasteiger partial charge in [0.1, 0.15) is 5.82 Å². The average Bonchev–Trinajstić information content (AvgIpc) is 3.07. The molecular weight excluding hydrogens is 273 g/mol. The number of rotatable bonds is 4. The Hall–Kier alpha value is -1.94. The largest absolute Gasteiger partial charge is 0.340 e. The summed E-state index contributed by atoms with van der Waals surface area (Å²) >= 11 is 1.53. The first-order chi connectivity index (χ1) is 9.69. The van der Waals surface area contributed by atoms with Gasteiger partial charge in [-0.3, -0.25) is 4.79 Å². The van der Waals surface area contributed by atoms with Crippen LogP contribution in [0.15, 0.2) is 42.6 Å². The summed E-state index contributed by atoms with van der Waals surface area (Å²) in [5.74, 6) is -0.186. The molecule has 3 rings (SSSR count). The van der Waals surface area contributed by atoms with Gasteiger partial charge in [0.15, 0.2) is 5.78 Å². The van der Waals surface area contributed by atoms with E-state index < -0.39 is 0 Å². The second-order valence-electron chi connectivity index (χ2n) is 4.66. The van der Waals surface area contributed by atoms with E-state index in [1.165, 1.54) is 22.3 Å². The van der Waals surface area contributed by atoms with Crippen LogP contribution in [0, 0.1) is 5.82 Å². The van der Waals surface area contributed by atoms with Crippen LogP contribution < -0.4 is 0 Å². The third kappa shape index (κ3) is 2.27. The lowest BCUT2D eigenvalue weighted by Gasteiger charge is -2.03. The molecule has 0 unspecified atom stereocenters. The summed E-state index contributed by atoms with van der Waals surface area (Å²) in [6.07, 6.45) is 2.70. The van der Waals surface area contributed by atoms with Crippen molar-refractivity contribution in [1.29, 1.82) is 0 Å². The van der Waals surface area contributed by atoms with Crippen LogP contribution in [-0.2, 0) is 13.0 Å². The maximum Gasteiger partial charge on any atom is 0.192 e. The van der Waals surface area contributed by atoms with Gasteiger partial charge in [-0.25, -0.2) is 4.39 Å². The summed E-state index contributed by atoms with van der Waals surface area (Å²) in [4.78, 5) is 14.2. The molecule has 0 saturated heterocycles. The molecule has 2 heterocycles. The number of benzene rings is 1. The molecule has 4 heteroatoms. The van der Waals surface area contributed by atoms with Crippen molar-refractivity contribution >= 4 is 28.0 Å². The molecule has 0 saturated carbocycles. The van der Waals surface area contributed by atoms with E-state index in [4.69, 9.17) is 0 Å². The van der Waals surface area contributed by atoms with E-state index in [0.29, 0.717) is 5.39 Å². The molecule has 102 valence electrons. The molecule has 2 nitrogen and oxygen atoms in total. The Morgan fingerprint density at radius 2 is 2.10 bits per heavy atom. The van der Waals surface area contributed by atoms with Crippen LogP contribution in [0.4, 0.5) is 4.39 Å². The summed E-state index contributed by atoms with van der Waals surface area (Å²) in [6.45, 7) is 2.32. The third-order valence-electron chi connectivity index (χ3n) is 3.36. The molecule has 3 aromatic rings. The molecule has 0 aliphatic carbocycles. The van der Waals surface area contributed by atoms with E-state index in [-0.39, 0.29) is 18.1 Å². The zero-order valence-electron chi connectivity index (χ0n) is 11.1. The number of carbonyl (C=O) groups excluding carboxylic acids is 1. The van der Waals surface area contributed by atoms with Crippen molar-refractivity contribution in [2.75, 3.05) is 0 Å². The second kappa shape index (κ2) is 5.21. The molecule has 0 aliphatic rings. The Morgan fingerprint density at radius 1 is 1.25 bits per heavy atom. The van der Waals surface area contributed by atoms with Crippen molar-refractivity contribution in [2.24, 2.45) is 0 Å². The molecule has 0 radical (unpaired) electrons. The minimum absolute atomic E-state index is 0.0662. The van der Waals surface area contributed by atoms with Crippen LogP contribution in [0.5, 0.6) is 0 Å². The Kier molecular flexibility index (Phi) is 3.40. The Balaban J connectivity index is 1.89. The van der Waals surface area contributed by atoms with Crippen LogP contribution in [0.2, 0.25) is 0 Å². The first-order valence-corrected chi connectivity index (χ1v) is 7.36. The highest BCUT2D eigenvalue weighted by atomic mass is 32.1. The number of carbonyl (C=O) groups is 1. The van der Waals surface area contributed by atoms with Gasteiger partial charge >= 0.3 is 0 Å². The predicted octanol–water partition coefficient (Wildman–Crippen LogP) is 4.29. The maximum atomic E-state index is 13.6. The predicted molar refractivity (Wildman–Crippen MR) is 79.9 cm³/mol. The van der Waals surface area contributed by atoms with Crippen molar-refractivity contribution in [3.8, 4) is 0 Å². The molecular formula is C16H14FNOS. The van der Waals surface area contributed by atoms with Crippen LogP contribution in [0.3, 0.4) is 0 Å². The normalized spacial score (nSPS) is 11.1. The van der Waals surface area contributed by atoms with Crippen LogP contribution in [0.1, 0.15) is 21.5 Å². The van der Waals surface area contributed by atoms with Gasteiger partial charge in [0, 0.05) is 16.5 Å². The number of Topliss-reactive ketones (excluding diaryl/α,β-unsaturated/α-hetero) is 1. The molecule has 0 bridgehead atoms. The fourth-order valence-electron chi connectivity index (χ4n) is 2.27. The van der Waals surface area contributed by atoms with Crippen molar-refractivity contribution in [2.45, 2.75) is 19.9 Å². The number of aromatic nitrogens is 1. The van der Waals surface area contributed by atoms with E-state index in [2.05, 4.69) is 6.92 Å². The molecule has 0 spiro atoms. The zero-order valence-corrected chi connectivity index (χ0v) is 11.9. The van der Waals surface area contributed by atoms with Crippen molar-refractivity contribution in [3.05, 3.63) is 58.2 Å². The molecule has 0 fully saturated rings. The van der Waals surface area contributed by atoms with Gasteiger partial charge in [-0.05, 0) is 36.8 Å². The topological polar surface area (TPSA) is 22.0 Å². The molecule has 0 atom stereocenters. The molecule has 0 aliphatic heterocycles. The highest BCUT2D eigenvalue weighted by Crippen LogP contribution is 2.21. The Labute approximate surface area is 120 Å². The number of ketones is 1. The number of hydrogen-bond donors (Lipinski definition) is 0. The van der Waals surface area contributed by atoms with Crippen LogP contribution in [-0.4, -0.2) is 10.4 Å². The van der Waals surface area contributed by atoms with Crippen molar-refractivity contribution < 1.29 is 9.18 Å². The molecule has 0 amide bonds. The van der Waals surface area contributed by atoms with Crippen LogP contribution in [0.25, 0.3) is 10.9 Å². The lowest BCUT2D eigenvalue weighted by atomic mass is 10.2. The number of fused-ring (bicyclic) bond motifs is 1. The van der Waals surface area contributed by atoms with E-state index in [1.54, 1.807) is 22.9 Å². The highest BCUT2D eigenvalue weighted by molar-refractivity contribution is 7.14. The van der Waals surface area contributed by atoms with E-state index in [1.807, 2.05) is 18.2 Å². The third-order valence-corrected chi connectivity index (χ3v) is 4.63. The summed E-state index contributed by atoms with van der Waals surface area (Å²) in [5.41, 5.74) is 0.755. The van der Waals surface area contributed by atoms with Gasteiger partial charge in [-0.2, -0.15) is 0 Å².